The molecular weight excluding hydrogens is 323 g/mol. The van der Waals surface area contributed by atoms with Gasteiger partial charge in [0.2, 0.25) is 10.0 Å². The molecule has 0 unspecified atom stereocenters. The minimum atomic E-state index is -3.80. The first-order chi connectivity index (χ1) is 9.24. The molecule has 0 spiro atoms. The van der Waals surface area contributed by atoms with E-state index in [9.17, 15) is 13.5 Å². The minimum Gasteiger partial charge on any atom is -0.398 e. The highest BCUT2D eigenvalue weighted by molar-refractivity contribution is 7.89. The van der Waals surface area contributed by atoms with Gasteiger partial charge in [0, 0.05) is 18.1 Å². The minimum absolute atomic E-state index is 0.00291. The number of hydrogen-bond donors (Lipinski definition) is 2. The molecule has 0 radical (unpaired) electrons. The summed E-state index contributed by atoms with van der Waals surface area (Å²) in [6.07, 6.45) is 1.91. The van der Waals surface area contributed by atoms with E-state index in [0.29, 0.717) is 0 Å². The molecule has 1 aromatic rings. The van der Waals surface area contributed by atoms with Crippen molar-refractivity contribution in [1.29, 1.82) is 0 Å². The van der Waals surface area contributed by atoms with Gasteiger partial charge in [-0.05, 0) is 30.9 Å². The Labute approximate surface area is 127 Å². The second kappa shape index (κ2) is 4.48. The van der Waals surface area contributed by atoms with E-state index in [4.69, 9.17) is 28.9 Å². The van der Waals surface area contributed by atoms with Gasteiger partial charge in [0.1, 0.15) is 4.90 Å². The van der Waals surface area contributed by atoms with Gasteiger partial charge in [-0.1, -0.05) is 23.2 Å². The topological polar surface area (TPSA) is 83.6 Å². The number of nitrogens with zero attached hydrogens (tertiary/aromatic N) is 1. The van der Waals surface area contributed by atoms with Crippen molar-refractivity contribution in [2.24, 2.45) is 5.92 Å². The maximum absolute atomic E-state index is 12.5. The Bertz CT molecular complexity index is 644. The standard InChI is InChI=1S/C12H14Cl2N2O3S/c13-8-3-9(14)11(10(15)4-8)20(18,19)16-5-12(17,6-16)7-1-2-7/h3-4,7,17H,1-2,5-6,15H2. The Kier molecular flexibility index (Phi) is 3.23. The molecule has 1 aromatic carbocycles. The van der Waals surface area contributed by atoms with Gasteiger partial charge in [-0.2, -0.15) is 4.31 Å². The van der Waals surface area contributed by atoms with Crippen molar-refractivity contribution < 1.29 is 13.5 Å². The van der Waals surface area contributed by atoms with Crippen LogP contribution in [0.2, 0.25) is 10.0 Å². The number of hydrogen-bond acceptors (Lipinski definition) is 4. The first-order valence-corrected chi connectivity index (χ1v) is 8.41. The van der Waals surface area contributed by atoms with Crippen molar-refractivity contribution in [2.45, 2.75) is 23.3 Å². The molecule has 1 aliphatic heterocycles. The van der Waals surface area contributed by atoms with Crippen LogP contribution in [0.15, 0.2) is 17.0 Å². The van der Waals surface area contributed by atoms with Crippen molar-refractivity contribution in [3.63, 3.8) is 0 Å². The van der Waals surface area contributed by atoms with Gasteiger partial charge < -0.3 is 10.8 Å². The van der Waals surface area contributed by atoms with Gasteiger partial charge in [0.05, 0.1) is 16.3 Å². The number of aliphatic hydroxyl groups is 1. The molecule has 1 saturated carbocycles. The molecule has 3 rings (SSSR count). The molecule has 1 heterocycles. The first kappa shape index (κ1) is 14.4. The Morgan fingerprint density at radius 1 is 1.30 bits per heavy atom. The molecule has 20 heavy (non-hydrogen) atoms. The van der Waals surface area contributed by atoms with E-state index in [-0.39, 0.29) is 39.6 Å². The number of halogens is 2. The number of β-amino-alcohol motifs (C(OH)–C–C–N with tert-alkyl or cyclic N) is 1. The van der Waals surface area contributed by atoms with Crippen LogP contribution in [0.3, 0.4) is 0 Å². The SMILES string of the molecule is Nc1cc(Cl)cc(Cl)c1S(=O)(=O)N1CC(O)(C2CC2)C1. The average molecular weight is 337 g/mol. The lowest BCUT2D eigenvalue weighted by Gasteiger charge is -2.45. The predicted octanol–water partition coefficient (Wildman–Crippen LogP) is 1.72. The fourth-order valence-electron chi connectivity index (χ4n) is 2.59. The number of nitrogen functional groups attached to an aromatic ring is 1. The molecule has 110 valence electrons. The van der Waals surface area contributed by atoms with Crippen LogP contribution in [-0.4, -0.2) is 36.5 Å². The van der Waals surface area contributed by atoms with Crippen LogP contribution < -0.4 is 5.73 Å². The normalized spacial score (nSPS) is 22.6. The highest BCUT2D eigenvalue weighted by Crippen LogP contribution is 2.46. The third kappa shape index (κ3) is 2.19. The van der Waals surface area contributed by atoms with Crippen LogP contribution in [0.1, 0.15) is 12.8 Å². The van der Waals surface area contributed by atoms with Gasteiger partial charge >= 0.3 is 0 Å². The molecule has 0 aromatic heterocycles. The van der Waals surface area contributed by atoms with Crippen LogP contribution in [0, 0.1) is 5.92 Å². The zero-order chi connectivity index (χ0) is 14.7. The molecule has 0 atom stereocenters. The summed E-state index contributed by atoms with van der Waals surface area (Å²) < 4.78 is 26.2. The third-order valence-corrected chi connectivity index (χ3v) is 6.41. The summed E-state index contributed by atoms with van der Waals surface area (Å²) in [6.45, 7) is 0.191. The van der Waals surface area contributed by atoms with Crippen LogP contribution in [0.25, 0.3) is 0 Å². The molecular formula is C12H14Cl2N2O3S. The third-order valence-electron chi connectivity index (χ3n) is 3.87. The van der Waals surface area contributed by atoms with E-state index in [1.54, 1.807) is 0 Å². The lowest BCUT2D eigenvalue weighted by Crippen LogP contribution is -2.64. The molecule has 0 amide bonds. The molecule has 3 N–H and O–H groups in total. The second-order valence-electron chi connectivity index (χ2n) is 5.46. The summed E-state index contributed by atoms with van der Waals surface area (Å²) in [5, 5.41) is 10.5. The molecule has 5 nitrogen and oxygen atoms in total. The van der Waals surface area contributed by atoms with Crippen molar-refractivity contribution in [2.75, 3.05) is 18.8 Å². The maximum atomic E-state index is 12.5. The summed E-state index contributed by atoms with van der Waals surface area (Å²) in [4.78, 5) is -0.138. The highest BCUT2D eigenvalue weighted by atomic mass is 35.5. The summed E-state index contributed by atoms with van der Waals surface area (Å²) in [6, 6.07) is 2.70. The van der Waals surface area contributed by atoms with Crippen LogP contribution in [-0.2, 0) is 10.0 Å². The molecule has 2 aliphatic rings. The molecule has 2 fully saturated rings. The van der Waals surface area contributed by atoms with Crippen LogP contribution >= 0.6 is 23.2 Å². The molecule has 1 saturated heterocycles. The zero-order valence-electron chi connectivity index (χ0n) is 10.5. The quantitative estimate of drug-likeness (QED) is 0.823. The van der Waals surface area contributed by atoms with E-state index >= 15 is 0 Å². The Hall–Kier alpha value is -0.530. The van der Waals surface area contributed by atoms with Gasteiger partial charge in [0.15, 0.2) is 0 Å². The molecule has 8 heteroatoms. The lowest BCUT2D eigenvalue weighted by molar-refractivity contribution is -0.0764. The monoisotopic (exact) mass is 336 g/mol. The first-order valence-electron chi connectivity index (χ1n) is 6.21. The van der Waals surface area contributed by atoms with Crippen molar-refractivity contribution >= 4 is 38.9 Å². The maximum Gasteiger partial charge on any atom is 0.246 e. The smallest absolute Gasteiger partial charge is 0.246 e. The van der Waals surface area contributed by atoms with Gasteiger partial charge in [-0.25, -0.2) is 8.42 Å². The summed E-state index contributed by atoms with van der Waals surface area (Å²) >= 11 is 11.7. The Morgan fingerprint density at radius 2 is 1.90 bits per heavy atom. The number of rotatable bonds is 3. The van der Waals surface area contributed by atoms with E-state index < -0.39 is 15.6 Å². The lowest BCUT2D eigenvalue weighted by atomic mass is 9.91. The second-order valence-corrected chi connectivity index (χ2v) is 8.18. The van der Waals surface area contributed by atoms with Gasteiger partial charge in [-0.3, -0.25) is 0 Å². The zero-order valence-corrected chi connectivity index (χ0v) is 12.8. The molecule has 0 bridgehead atoms. The highest BCUT2D eigenvalue weighted by Gasteiger charge is 2.55. The van der Waals surface area contributed by atoms with E-state index in [2.05, 4.69) is 0 Å². The van der Waals surface area contributed by atoms with Crippen LogP contribution in [0.4, 0.5) is 5.69 Å². The van der Waals surface area contributed by atoms with E-state index in [0.717, 1.165) is 12.8 Å². The number of anilines is 1. The number of sulfonamides is 1. The largest absolute Gasteiger partial charge is 0.398 e. The summed E-state index contributed by atoms with van der Waals surface area (Å²) in [5.41, 5.74) is 4.86. The Balaban J connectivity index is 1.90. The van der Waals surface area contributed by atoms with Gasteiger partial charge in [-0.15, -0.1) is 0 Å². The van der Waals surface area contributed by atoms with E-state index in [1.165, 1.54) is 16.4 Å². The Morgan fingerprint density at radius 3 is 2.40 bits per heavy atom. The number of benzene rings is 1. The molecule has 1 aliphatic carbocycles. The van der Waals surface area contributed by atoms with Crippen molar-refractivity contribution in [3.8, 4) is 0 Å². The fourth-order valence-corrected chi connectivity index (χ4v) is 5.10. The van der Waals surface area contributed by atoms with E-state index in [1.807, 2.05) is 0 Å². The van der Waals surface area contributed by atoms with Crippen molar-refractivity contribution in [1.82, 2.24) is 4.31 Å². The summed E-state index contributed by atoms with van der Waals surface area (Å²) in [5.74, 6) is 0.215. The van der Waals surface area contributed by atoms with Crippen LogP contribution in [0.5, 0.6) is 0 Å². The number of nitrogens with two attached hydrogens (primary N) is 1. The average Bonchev–Trinajstić information content (AvgIpc) is 3.06. The van der Waals surface area contributed by atoms with Crippen molar-refractivity contribution in [3.05, 3.63) is 22.2 Å². The fraction of sp³-hybridized carbons (Fsp3) is 0.500. The summed E-state index contributed by atoms with van der Waals surface area (Å²) in [7, 11) is -3.80. The predicted molar refractivity (Wildman–Crippen MR) is 77.3 cm³/mol. The van der Waals surface area contributed by atoms with Gasteiger partial charge in [0.25, 0.3) is 0 Å².